The molecule has 0 saturated heterocycles. The van der Waals surface area contributed by atoms with Crippen LogP contribution in [-0.4, -0.2) is 104 Å². The van der Waals surface area contributed by atoms with E-state index in [0.717, 1.165) is 25.1 Å². The minimum Gasteiger partial charge on any atom is -0.460 e. The molecule has 0 aromatic heterocycles. The highest BCUT2D eigenvalue weighted by molar-refractivity contribution is 6.40. The molecule has 2 rings (SSSR count). The average molecular weight is 590 g/mol. The molecule has 0 fully saturated rings. The largest absolute Gasteiger partial charge is 0.460 e. The monoisotopic (exact) mass is 589 g/mol. The number of anilines is 1. The zero-order valence-corrected chi connectivity index (χ0v) is 24.4. The van der Waals surface area contributed by atoms with Crippen LogP contribution < -0.4 is 5.32 Å². The normalized spacial score (nSPS) is 10.8. The Morgan fingerprint density at radius 3 is 1.55 bits per heavy atom. The van der Waals surface area contributed by atoms with Crippen LogP contribution in [0.1, 0.15) is 40.5 Å². The Morgan fingerprint density at radius 1 is 0.571 bits per heavy atom. The van der Waals surface area contributed by atoms with Crippen molar-refractivity contribution in [2.75, 3.05) is 91.1 Å². The highest BCUT2D eigenvalue weighted by Crippen LogP contribution is 2.11. The maximum atomic E-state index is 12.1. The van der Waals surface area contributed by atoms with Gasteiger partial charge in [0, 0.05) is 17.8 Å². The number of carbonyl (C=O) groups is 3. The third-order valence-corrected chi connectivity index (χ3v) is 5.61. The van der Waals surface area contributed by atoms with Crippen molar-refractivity contribution in [3.8, 4) is 0 Å². The van der Waals surface area contributed by atoms with Gasteiger partial charge in [0.25, 0.3) is 5.78 Å². The van der Waals surface area contributed by atoms with Gasteiger partial charge in [0.1, 0.15) is 13.2 Å². The summed E-state index contributed by atoms with van der Waals surface area (Å²) in [5.74, 6) is -1.96. The Bertz CT molecular complexity index is 1000. The van der Waals surface area contributed by atoms with E-state index >= 15 is 0 Å². The predicted molar refractivity (Wildman–Crippen MR) is 156 cm³/mol. The van der Waals surface area contributed by atoms with Gasteiger partial charge in [-0.2, -0.15) is 0 Å². The van der Waals surface area contributed by atoms with Crippen LogP contribution in [0, 0.1) is 0 Å². The minimum absolute atomic E-state index is 0.00842. The number of benzene rings is 2. The molecule has 0 saturated carbocycles. The van der Waals surface area contributed by atoms with Crippen LogP contribution in [0.2, 0.25) is 0 Å². The van der Waals surface area contributed by atoms with E-state index in [-0.39, 0.29) is 25.8 Å². The van der Waals surface area contributed by atoms with E-state index in [4.69, 9.17) is 33.2 Å². The van der Waals surface area contributed by atoms with Crippen molar-refractivity contribution < 1.29 is 47.5 Å². The van der Waals surface area contributed by atoms with E-state index in [1.165, 1.54) is 0 Å². The van der Waals surface area contributed by atoms with Gasteiger partial charge in [-0.1, -0.05) is 43.7 Å². The summed E-state index contributed by atoms with van der Waals surface area (Å²) >= 11 is 0. The Labute approximate surface area is 247 Å². The zero-order chi connectivity index (χ0) is 30.1. The minimum atomic E-state index is -0.902. The zero-order valence-electron chi connectivity index (χ0n) is 24.4. The van der Waals surface area contributed by atoms with E-state index in [1.807, 2.05) is 12.1 Å². The molecule has 11 heteroatoms. The summed E-state index contributed by atoms with van der Waals surface area (Å²) in [6, 6.07) is 15.5. The molecule has 0 aliphatic rings. The van der Waals surface area contributed by atoms with Crippen LogP contribution in [0.3, 0.4) is 0 Å². The lowest BCUT2D eigenvalue weighted by Gasteiger charge is -2.09. The van der Waals surface area contributed by atoms with Gasteiger partial charge < -0.3 is 38.5 Å². The summed E-state index contributed by atoms with van der Waals surface area (Å²) in [6.07, 6.45) is 2.23. The molecule has 232 valence electrons. The highest BCUT2D eigenvalue weighted by atomic mass is 16.6. The Hall–Kier alpha value is -3.35. The molecule has 0 spiro atoms. The molecule has 0 amide bonds. The van der Waals surface area contributed by atoms with Crippen LogP contribution >= 0.6 is 0 Å². The summed E-state index contributed by atoms with van der Waals surface area (Å²) < 4.78 is 37.1. The topological polar surface area (TPSA) is 128 Å². The molecule has 0 radical (unpaired) electrons. The van der Waals surface area contributed by atoms with Crippen molar-refractivity contribution >= 4 is 23.4 Å². The van der Waals surface area contributed by atoms with Crippen molar-refractivity contribution in [1.29, 1.82) is 0 Å². The fraction of sp³-hybridized carbons (Fsp3) is 0.516. The molecule has 0 aliphatic heterocycles. The first-order chi connectivity index (χ1) is 20.6. The third kappa shape index (κ3) is 16.2. The average Bonchev–Trinajstić information content (AvgIpc) is 3.02. The number of ether oxygens (including phenoxy) is 7. The van der Waals surface area contributed by atoms with Gasteiger partial charge in [0.05, 0.1) is 71.6 Å². The molecule has 11 nitrogen and oxygen atoms in total. The summed E-state index contributed by atoms with van der Waals surface area (Å²) in [7, 11) is 0. The van der Waals surface area contributed by atoms with Gasteiger partial charge in [-0.3, -0.25) is 4.79 Å². The first kappa shape index (κ1) is 34.8. The second-order valence-corrected chi connectivity index (χ2v) is 8.89. The first-order valence-electron chi connectivity index (χ1n) is 14.3. The van der Waals surface area contributed by atoms with E-state index in [0.29, 0.717) is 70.6 Å². The molecular formula is C31H43NO10. The van der Waals surface area contributed by atoms with E-state index in [9.17, 15) is 14.4 Å². The lowest BCUT2D eigenvalue weighted by molar-refractivity contribution is -0.139. The number of hydrogen-bond donors (Lipinski definition) is 1. The molecule has 2 aromatic rings. The summed E-state index contributed by atoms with van der Waals surface area (Å²) in [4.78, 5) is 35.7. The van der Waals surface area contributed by atoms with E-state index in [2.05, 4.69) is 12.2 Å². The second kappa shape index (κ2) is 23.2. The Morgan fingerprint density at radius 2 is 1.05 bits per heavy atom. The summed E-state index contributed by atoms with van der Waals surface area (Å²) in [6.45, 7) is 6.86. The van der Waals surface area contributed by atoms with Gasteiger partial charge in [0.15, 0.2) is 0 Å². The third-order valence-electron chi connectivity index (χ3n) is 5.61. The standard InChI is InChI=1S/C31H43NO10/c1-2-3-13-32-28-11-9-27(10-12-28)30(34)41-24-22-39-20-18-37-16-14-36-15-17-38-19-21-40-23-25-42-31(35)29(33)26-7-5-4-6-8-26/h4-12,32H,2-3,13-25H2,1H3. The van der Waals surface area contributed by atoms with Crippen molar-refractivity contribution in [1.82, 2.24) is 0 Å². The van der Waals surface area contributed by atoms with E-state index < -0.39 is 11.8 Å². The smallest absolute Gasteiger partial charge is 0.379 e. The Kier molecular flexibility index (Phi) is 19.3. The predicted octanol–water partition coefficient (Wildman–Crippen LogP) is 3.56. The van der Waals surface area contributed by atoms with Crippen molar-refractivity contribution in [2.45, 2.75) is 19.8 Å². The van der Waals surface area contributed by atoms with Crippen LogP contribution in [0.25, 0.3) is 0 Å². The second-order valence-electron chi connectivity index (χ2n) is 8.89. The number of Topliss-reactive ketones (excluding diaryl/α,β-unsaturated/α-hetero) is 1. The fourth-order valence-corrected chi connectivity index (χ4v) is 3.36. The van der Waals surface area contributed by atoms with Gasteiger partial charge in [-0.05, 0) is 30.7 Å². The maximum Gasteiger partial charge on any atom is 0.379 e. The molecule has 1 N–H and O–H groups in total. The lowest BCUT2D eigenvalue weighted by Crippen LogP contribution is -2.20. The van der Waals surface area contributed by atoms with Crippen LogP contribution in [0.4, 0.5) is 5.69 Å². The summed E-state index contributed by atoms with van der Waals surface area (Å²) in [5, 5.41) is 3.31. The van der Waals surface area contributed by atoms with Crippen molar-refractivity contribution in [2.24, 2.45) is 0 Å². The summed E-state index contributed by atoms with van der Waals surface area (Å²) in [5.41, 5.74) is 1.78. The molecule has 0 atom stereocenters. The molecule has 2 aromatic carbocycles. The highest BCUT2D eigenvalue weighted by Gasteiger charge is 2.17. The van der Waals surface area contributed by atoms with Crippen molar-refractivity contribution in [3.05, 3.63) is 65.7 Å². The van der Waals surface area contributed by atoms with Gasteiger partial charge in [-0.25, -0.2) is 9.59 Å². The molecule has 0 unspecified atom stereocenters. The fourth-order valence-electron chi connectivity index (χ4n) is 3.36. The molecule has 0 bridgehead atoms. The van der Waals surface area contributed by atoms with Crippen molar-refractivity contribution in [3.63, 3.8) is 0 Å². The number of esters is 2. The lowest BCUT2D eigenvalue weighted by atomic mass is 10.1. The van der Waals surface area contributed by atoms with Gasteiger partial charge >= 0.3 is 11.9 Å². The quantitative estimate of drug-likeness (QED) is 0.0790. The SMILES string of the molecule is CCCCNc1ccc(C(=O)OCCOCCOCCOCCOCCOCCOC(=O)C(=O)c2ccccc2)cc1. The van der Waals surface area contributed by atoms with Crippen LogP contribution in [0.15, 0.2) is 54.6 Å². The molecule has 0 heterocycles. The van der Waals surface area contributed by atoms with E-state index in [1.54, 1.807) is 42.5 Å². The Balaban J connectivity index is 1.29. The number of hydrogen-bond acceptors (Lipinski definition) is 11. The molecule has 0 aliphatic carbocycles. The number of ketones is 1. The molecular weight excluding hydrogens is 546 g/mol. The maximum absolute atomic E-state index is 12.1. The van der Waals surface area contributed by atoms with Crippen LogP contribution in [-0.2, 0) is 38.0 Å². The first-order valence-corrected chi connectivity index (χ1v) is 14.3. The number of nitrogens with one attached hydrogen (secondary N) is 1. The van der Waals surface area contributed by atoms with Gasteiger partial charge in [-0.15, -0.1) is 0 Å². The van der Waals surface area contributed by atoms with Gasteiger partial charge in [0.2, 0.25) is 0 Å². The molecule has 42 heavy (non-hydrogen) atoms. The number of carbonyl (C=O) groups excluding carboxylic acids is 3. The van der Waals surface area contributed by atoms with Crippen LogP contribution in [0.5, 0.6) is 0 Å². The number of rotatable bonds is 25. The number of unbranched alkanes of at least 4 members (excludes halogenated alkanes) is 1.